The van der Waals surface area contributed by atoms with Crippen LogP contribution in [-0.2, 0) is 26.4 Å². The minimum Gasteiger partial charge on any atom is -0.507 e. The van der Waals surface area contributed by atoms with Crippen molar-refractivity contribution < 1.29 is 24.5 Å². The van der Waals surface area contributed by atoms with Crippen LogP contribution in [-0.4, -0.2) is 58.2 Å². The van der Waals surface area contributed by atoms with E-state index in [4.69, 9.17) is 9.47 Å². The zero-order valence-electron chi connectivity index (χ0n) is 30.6. The number of hydrogen-bond donors (Lipinski definition) is 2. The molecule has 46 heavy (non-hydrogen) atoms. The van der Waals surface area contributed by atoms with Crippen molar-refractivity contribution in [3.05, 3.63) is 46.5 Å². The number of phenolic OH excluding ortho intramolecular Hbond substituents is 1. The Morgan fingerprint density at radius 2 is 1.35 bits per heavy atom. The number of hydrogen-bond acceptors (Lipinski definition) is 7. The summed E-state index contributed by atoms with van der Waals surface area (Å²) in [6, 6.07) is 8.76. The normalized spacial score (nSPS) is 16.0. The lowest BCUT2D eigenvalue weighted by atomic mass is 9.79. The Labute approximate surface area is 287 Å². The number of phenols is 1. The molecule has 0 saturated carbocycles. The fourth-order valence-corrected chi connectivity index (χ4v) is 9.26. The van der Waals surface area contributed by atoms with Crippen molar-refractivity contribution in [1.82, 2.24) is 4.90 Å². The molecule has 6 nitrogen and oxygen atoms in total. The molecule has 1 fully saturated rings. The molecular weight excluding hydrogens is 615 g/mol. The predicted octanol–water partition coefficient (Wildman–Crippen LogP) is 9.79. The summed E-state index contributed by atoms with van der Waals surface area (Å²) in [7, 11) is 0. The van der Waals surface area contributed by atoms with Crippen LogP contribution in [0.5, 0.6) is 11.5 Å². The molecule has 0 aliphatic carbocycles. The molecule has 1 aliphatic heterocycles. The van der Waals surface area contributed by atoms with Crippen molar-refractivity contribution in [1.29, 1.82) is 0 Å². The Kier molecular flexibility index (Phi) is 11.9. The number of carbonyl (C=O) groups excluding carboxylic acids is 1. The Hall–Kier alpha value is -2.03. The molecule has 8 heteroatoms. The highest BCUT2D eigenvalue weighted by atomic mass is 32.2. The van der Waals surface area contributed by atoms with Gasteiger partial charge in [0, 0.05) is 39.6 Å². The van der Waals surface area contributed by atoms with Crippen molar-refractivity contribution in [3.63, 3.8) is 0 Å². The Balaban J connectivity index is 2.24. The van der Waals surface area contributed by atoms with Gasteiger partial charge in [0.1, 0.15) is 18.1 Å². The first-order valence-electron chi connectivity index (χ1n) is 16.6. The lowest BCUT2D eigenvalue weighted by molar-refractivity contribution is 0.0993. The molecule has 1 amide bonds. The van der Waals surface area contributed by atoms with Crippen molar-refractivity contribution in [2.45, 2.75) is 138 Å². The second-order valence-electron chi connectivity index (χ2n) is 16.6. The van der Waals surface area contributed by atoms with Gasteiger partial charge in [0.25, 0.3) is 0 Å². The van der Waals surface area contributed by atoms with Crippen LogP contribution in [0.15, 0.2) is 34.1 Å². The third kappa shape index (κ3) is 9.10. The third-order valence-electron chi connectivity index (χ3n) is 8.37. The Bertz CT molecular complexity index is 1330. The number of nitrogens with zero attached hydrogens (tertiary/aromatic N) is 1. The molecule has 1 heterocycles. The zero-order chi connectivity index (χ0) is 34.9. The SMILES string of the molecule is CCOC(=O)N1CCC(Sc2cc(C(C)(C)C)c(O)c(C(C)(C)C)c2)(Sc2ccc(C(C)(C)C)c(OCCO)c2C(C)(C)C)CC1. The van der Waals surface area contributed by atoms with E-state index in [9.17, 15) is 15.0 Å². The van der Waals surface area contributed by atoms with Crippen molar-refractivity contribution >= 4 is 29.6 Å². The van der Waals surface area contributed by atoms with Crippen molar-refractivity contribution in [2.24, 2.45) is 0 Å². The van der Waals surface area contributed by atoms with Crippen LogP contribution in [0.3, 0.4) is 0 Å². The first-order chi connectivity index (χ1) is 21.0. The number of thioether (sulfide) groups is 2. The maximum absolute atomic E-state index is 12.8. The average molecular weight is 674 g/mol. The second-order valence-corrected chi connectivity index (χ2v) is 19.7. The fourth-order valence-electron chi connectivity index (χ4n) is 5.94. The average Bonchev–Trinajstić information content (AvgIpc) is 2.90. The van der Waals surface area contributed by atoms with Gasteiger partial charge in [-0.1, -0.05) is 89.2 Å². The number of aliphatic hydroxyl groups is 1. The molecule has 0 aromatic heterocycles. The van der Waals surface area contributed by atoms with Crippen molar-refractivity contribution in [3.8, 4) is 11.5 Å². The molecule has 2 aromatic carbocycles. The lowest BCUT2D eigenvalue weighted by Crippen LogP contribution is -2.44. The van der Waals surface area contributed by atoms with Gasteiger partial charge < -0.3 is 24.6 Å². The van der Waals surface area contributed by atoms with Gasteiger partial charge in [0.2, 0.25) is 0 Å². The van der Waals surface area contributed by atoms with Gasteiger partial charge in [-0.3, -0.25) is 0 Å². The van der Waals surface area contributed by atoms with Crippen LogP contribution in [0, 0.1) is 0 Å². The molecule has 0 spiro atoms. The third-order valence-corrected chi connectivity index (χ3v) is 11.5. The first-order valence-corrected chi connectivity index (χ1v) is 18.3. The summed E-state index contributed by atoms with van der Waals surface area (Å²) in [6.07, 6.45) is 1.26. The maximum Gasteiger partial charge on any atom is 0.409 e. The van der Waals surface area contributed by atoms with Gasteiger partial charge in [-0.15, -0.1) is 23.5 Å². The van der Waals surface area contributed by atoms with Crippen LogP contribution >= 0.6 is 23.5 Å². The maximum atomic E-state index is 12.8. The molecule has 0 unspecified atom stereocenters. The van der Waals surface area contributed by atoms with Gasteiger partial charge in [-0.25, -0.2) is 4.79 Å². The number of ether oxygens (including phenoxy) is 2. The standard InChI is InChI=1S/C38H59NO5S2/c1-14-43-33(42)39-19-17-38(18-20-39,45-25-23-27(35(5,6)7)31(41)28(24-25)36(8,9)10)46-29-16-15-26(34(2,3)4)32(44-22-21-40)30(29)37(11,12)13/h15-16,23-24,40-41H,14,17-22H2,1-13H3. The number of rotatable bonds is 8. The van der Waals surface area contributed by atoms with Crippen molar-refractivity contribution in [2.75, 3.05) is 32.9 Å². The summed E-state index contributed by atoms with van der Waals surface area (Å²) in [4.78, 5) is 16.8. The predicted molar refractivity (Wildman–Crippen MR) is 194 cm³/mol. The van der Waals surface area contributed by atoms with Gasteiger partial charge in [-0.2, -0.15) is 0 Å². The molecule has 0 radical (unpaired) electrons. The van der Waals surface area contributed by atoms with E-state index in [1.54, 1.807) is 0 Å². The molecule has 0 bridgehead atoms. The number of amides is 1. The second kappa shape index (κ2) is 14.2. The largest absolute Gasteiger partial charge is 0.507 e. The minimum atomic E-state index is -0.304. The van der Waals surface area contributed by atoms with E-state index in [0.717, 1.165) is 50.6 Å². The van der Waals surface area contributed by atoms with E-state index in [-0.39, 0.29) is 45.0 Å². The van der Waals surface area contributed by atoms with E-state index in [0.29, 0.717) is 25.4 Å². The molecule has 1 aliphatic rings. The molecule has 0 atom stereocenters. The zero-order valence-corrected chi connectivity index (χ0v) is 32.3. The van der Waals surface area contributed by atoms with E-state index >= 15 is 0 Å². The van der Waals surface area contributed by atoms with Gasteiger partial charge in [-0.05, 0) is 65.2 Å². The van der Waals surface area contributed by atoms with Gasteiger partial charge >= 0.3 is 6.09 Å². The first kappa shape index (κ1) is 38.4. The molecular formula is C38H59NO5S2. The van der Waals surface area contributed by atoms with E-state index in [1.165, 1.54) is 0 Å². The molecule has 1 saturated heterocycles. The molecule has 3 rings (SSSR count). The summed E-state index contributed by atoms with van der Waals surface area (Å²) < 4.78 is 11.5. The highest BCUT2D eigenvalue weighted by molar-refractivity contribution is 8.18. The topological polar surface area (TPSA) is 79.2 Å². The summed E-state index contributed by atoms with van der Waals surface area (Å²) >= 11 is 3.71. The minimum absolute atomic E-state index is 0.0545. The Morgan fingerprint density at radius 1 is 0.826 bits per heavy atom. The number of piperidine rings is 1. The smallest absolute Gasteiger partial charge is 0.409 e. The number of benzene rings is 2. The van der Waals surface area contributed by atoms with E-state index < -0.39 is 0 Å². The summed E-state index contributed by atoms with van der Waals surface area (Å²) in [5.41, 5.74) is 3.28. The van der Waals surface area contributed by atoms with E-state index in [1.807, 2.05) is 35.3 Å². The highest BCUT2D eigenvalue weighted by Crippen LogP contribution is 2.56. The Morgan fingerprint density at radius 3 is 1.78 bits per heavy atom. The number of likely N-dealkylation sites (tertiary alicyclic amines) is 1. The molecule has 2 aromatic rings. The van der Waals surface area contributed by atoms with Gasteiger partial charge in [0.05, 0.1) is 17.3 Å². The van der Waals surface area contributed by atoms with Gasteiger partial charge in [0.15, 0.2) is 0 Å². The van der Waals surface area contributed by atoms with Crippen LogP contribution in [0.4, 0.5) is 4.79 Å². The summed E-state index contributed by atoms with van der Waals surface area (Å²) in [5, 5.41) is 21.2. The molecule has 258 valence electrons. The van der Waals surface area contributed by atoms with E-state index in [2.05, 4.69) is 107 Å². The van der Waals surface area contributed by atoms with Crippen LogP contribution in [0.2, 0.25) is 0 Å². The number of aliphatic hydroxyl groups excluding tert-OH is 1. The lowest BCUT2D eigenvalue weighted by Gasteiger charge is -2.42. The van der Waals surface area contributed by atoms with Crippen LogP contribution in [0.25, 0.3) is 0 Å². The molecule has 2 N–H and O–H groups in total. The fraction of sp³-hybridized carbons (Fsp3) is 0.658. The quantitative estimate of drug-likeness (QED) is 0.270. The number of aromatic hydroxyl groups is 1. The number of carbonyl (C=O) groups is 1. The monoisotopic (exact) mass is 673 g/mol. The highest BCUT2D eigenvalue weighted by Gasteiger charge is 2.41. The summed E-state index contributed by atoms with van der Waals surface area (Å²) in [5.74, 6) is 1.24. The summed E-state index contributed by atoms with van der Waals surface area (Å²) in [6.45, 7) is 29.7. The van der Waals surface area contributed by atoms with Crippen LogP contribution in [0.1, 0.15) is 125 Å². The van der Waals surface area contributed by atoms with Crippen LogP contribution < -0.4 is 4.74 Å².